The fourth-order valence-corrected chi connectivity index (χ4v) is 2.20. The predicted molar refractivity (Wildman–Crippen MR) is 76.2 cm³/mol. The summed E-state index contributed by atoms with van der Waals surface area (Å²) >= 11 is 0. The van der Waals surface area contributed by atoms with Crippen molar-refractivity contribution in [2.45, 2.75) is 19.4 Å². The molecule has 110 valence electrons. The van der Waals surface area contributed by atoms with Gasteiger partial charge in [0.1, 0.15) is 6.04 Å². The zero-order chi connectivity index (χ0) is 14.7. The third kappa shape index (κ3) is 2.99. The number of hydrogen-bond acceptors (Lipinski definition) is 4. The van der Waals surface area contributed by atoms with Crippen molar-refractivity contribution in [1.82, 2.24) is 15.1 Å². The number of aromatic nitrogens is 2. The highest BCUT2D eigenvalue weighted by atomic mass is 16.7. The second-order valence-corrected chi connectivity index (χ2v) is 4.89. The zero-order valence-corrected chi connectivity index (χ0v) is 11.8. The molecule has 6 heteroatoms. The van der Waals surface area contributed by atoms with Gasteiger partial charge in [-0.2, -0.15) is 5.10 Å². The van der Waals surface area contributed by atoms with Crippen LogP contribution < -0.4 is 14.8 Å². The molecule has 1 aliphatic heterocycles. The highest BCUT2D eigenvalue weighted by Gasteiger charge is 2.15. The van der Waals surface area contributed by atoms with Crippen LogP contribution in [-0.2, 0) is 11.2 Å². The maximum Gasteiger partial charge on any atom is 0.244 e. The van der Waals surface area contributed by atoms with E-state index in [1.807, 2.05) is 25.1 Å². The van der Waals surface area contributed by atoms with Crippen molar-refractivity contribution >= 4 is 5.91 Å². The standard InChI is InChI=1S/C15H17N3O3/c1-11(18-8-2-6-17-18)15(19)16-7-5-12-3-4-13-14(9-12)21-10-20-13/h2-4,6,8-9,11H,5,7,10H2,1H3,(H,16,19)/t11-/m1/s1. The van der Waals surface area contributed by atoms with Gasteiger partial charge in [-0.3, -0.25) is 9.48 Å². The topological polar surface area (TPSA) is 65.4 Å². The number of carbonyl (C=O) groups excluding carboxylic acids is 1. The van der Waals surface area contributed by atoms with E-state index in [0.717, 1.165) is 23.5 Å². The molecule has 0 saturated carbocycles. The van der Waals surface area contributed by atoms with Crippen LogP contribution in [0.4, 0.5) is 0 Å². The summed E-state index contributed by atoms with van der Waals surface area (Å²) in [5.41, 5.74) is 1.10. The minimum Gasteiger partial charge on any atom is -0.454 e. The van der Waals surface area contributed by atoms with Gasteiger partial charge in [-0.25, -0.2) is 0 Å². The van der Waals surface area contributed by atoms with Gasteiger partial charge in [0, 0.05) is 18.9 Å². The van der Waals surface area contributed by atoms with Crippen molar-refractivity contribution in [2.75, 3.05) is 13.3 Å². The Hall–Kier alpha value is -2.50. The summed E-state index contributed by atoms with van der Waals surface area (Å²) in [6.07, 6.45) is 4.19. The maximum absolute atomic E-state index is 12.0. The average Bonchev–Trinajstić information content (AvgIpc) is 3.17. The van der Waals surface area contributed by atoms with E-state index < -0.39 is 0 Å². The number of amides is 1. The van der Waals surface area contributed by atoms with E-state index in [1.165, 1.54) is 0 Å². The van der Waals surface area contributed by atoms with E-state index in [2.05, 4.69) is 10.4 Å². The van der Waals surface area contributed by atoms with Crippen LogP contribution in [0.1, 0.15) is 18.5 Å². The molecule has 21 heavy (non-hydrogen) atoms. The molecule has 0 spiro atoms. The normalized spacial score (nSPS) is 14.0. The van der Waals surface area contributed by atoms with Crippen LogP contribution in [0.2, 0.25) is 0 Å². The lowest BCUT2D eigenvalue weighted by molar-refractivity contribution is -0.124. The van der Waals surface area contributed by atoms with Crippen LogP contribution in [0.3, 0.4) is 0 Å². The molecule has 0 saturated heterocycles. The number of benzene rings is 1. The monoisotopic (exact) mass is 287 g/mol. The summed E-state index contributed by atoms with van der Waals surface area (Å²) in [7, 11) is 0. The summed E-state index contributed by atoms with van der Waals surface area (Å²) in [5.74, 6) is 1.50. The first-order valence-corrected chi connectivity index (χ1v) is 6.89. The summed E-state index contributed by atoms with van der Waals surface area (Å²) < 4.78 is 12.2. The van der Waals surface area contributed by atoms with Gasteiger partial charge < -0.3 is 14.8 Å². The summed E-state index contributed by atoms with van der Waals surface area (Å²) in [4.78, 5) is 12.0. The quantitative estimate of drug-likeness (QED) is 0.905. The van der Waals surface area contributed by atoms with Gasteiger partial charge in [0.2, 0.25) is 12.7 Å². The van der Waals surface area contributed by atoms with E-state index in [9.17, 15) is 4.79 Å². The van der Waals surface area contributed by atoms with Gasteiger partial charge >= 0.3 is 0 Å². The smallest absolute Gasteiger partial charge is 0.244 e. The molecule has 0 bridgehead atoms. The third-order valence-corrected chi connectivity index (χ3v) is 3.45. The highest BCUT2D eigenvalue weighted by molar-refractivity contribution is 5.79. The lowest BCUT2D eigenvalue weighted by Crippen LogP contribution is -2.32. The molecule has 1 aromatic carbocycles. The Labute approximate surface area is 122 Å². The fourth-order valence-electron chi connectivity index (χ4n) is 2.20. The zero-order valence-electron chi connectivity index (χ0n) is 11.8. The molecular weight excluding hydrogens is 270 g/mol. The number of nitrogens with zero attached hydrogens (tertiary/aromatic N) is 2. The van der Waals surface area contributed by atoms with Crippen molar-refractivity contribution in [1.29, 1.82) is 0 Å². The van der Waals surface area contributed by atoms with Gasteiger partial charge in [-0.05, 0) is 37.1 Å². The molecule has 0 aliphatic carbocycles. The van der Waals surface area contributed by atoms with Crippen LogP contribution >= 0.6 is 0 Å². The Morgan fingerprint density at radius 3 is 3.10 bits per heavy atom. The van der Waals surface area contributed by atoms with E-state index in [1.54, 1.807) is 23.1 Å². The third-order valence-electron chi connectivity index (χ3n) is 3.45. The largest absolute Gasteiger partial charge is 0.454 e. The molecule has 1 aromatic heterocycles. The Kier molecular flexibility index (Phi) is 3.77. The van der Waals surface area contributed by atoms with Crippen molar-refractivity contribution < 1.29 is 14.3 Å². The number of hydrogen-bond donors (Lipinski definition) is 1. The van der Waals surface area contributed by atoms with Gasteiger partial charge in [0.15, 0.2) is 11.5 Å². The van der Waals surface area contributed by atoms with Gasteiger partial charge in [0.05, 0.1) is 0 Å². The highest BCUT2D eigenvalue weighted by Crippen LogP contribution is 2.32. The Morgan fingerprint density at radius 2 is 2.29 bits per heavy atom. The minimum absolute atomic E-state index is 0.0422. The van der Waals surface area contributed by atoms with E-state index in [-0.39, 0.29) is 18.7 Å². The first-order valence-electron chi connectivity index (χ1n) is 6.89. The number of carbonyl (C=O) groups is 1. The van der Waals surface area contributed by atoms with Crippen LogP contribution in [0.15, 0.2) is 36.7 Å². The molecule has 6 nitrogen and oxygen atoms in total. The van der Waals surface area contributed by atoms with Crippen molar-refractivity contribution in [3.05, 3.63) is 42.2 Å². The Balaban J connectivity index is 1.51. The molecule has 1 atom stereocenters. The number of rotatable bonds is 5. The molecule has 3 rings (SSSR count). The summed E-state index contributed by atoms with van der Waals surface area (Å²) in [5, 5.41) is 6.98. The molecule has 1 N–H and O–H groups in total. The van der Waals surface area contributed by atoms with Crippen LogP contribution in [0.5, 0.6) is 11.5 Å². The van der Waals surface area contributed by atoms with Crippen LogP contribution in [-0.4, -0.2) is 29.0 Å². The molecule has 0 radical (unpaired) electrons. The van der Waals surface area contributed by atoms with E-state index in [0.29, 0.717) is 6.54 Å². The minimum atomic E-state index is -0.309. The number of nitrogens with one attached hydrogen (secondary N) is 1. The summed E-state index contributed by atoms with van der Waals surface area (Å²) in [6, 6.07) is 7.32. The lowest BCUT2D eigenvalue weighted by Gasteiger charge is -2.12. The Morgan fingerprint density at radius 1 is 1.43 bits per heavy atom. The second-order valence-electron chi connectivity index (χ2n) is 4.89. The van der Waals surface area contributed by atoms with Gasteiger partial charge in [-0.15, -0.1) is 0 Å². The second kappa shape index (κ2) is 5.87. The molecule has 1 amide bonds. The molecule has 2 heterocycles. The Bertz CT molecular complexity index is 625. The maximum atomic E-state index is 12.0. The fraction of sp³-hybridized carbons (Fsp3) is 0.333. The molecule has 0 fully saturated rings. The SMILES string of the molecule is C[C@H](C(=O)NCCc1ccc2c(c1)OCO2)n1cccn1. The number of fused-ring (bicyclic) bond motifs is 1. The first kappa shape index (κ1) is 13.5. The predicted octanol–water partition coefficient (Wildman–Crippen LogP) is 1.53. The summed E-state index contributed by atoms with van der Waals surface area (Å²) in [6.45, 7) is 2.67. The number of ether oxygens (including phenoxy) is 2. The average molecular weight is 287 g/mol. The van der Waals surface area contributed by atoms with Crippen molar-refractivity contribution in [2.24, 2.45) is 0 Å². The van der Waals surface area contributed by atoms with Gasteiger partial charge in [-0.1, -0.05) is 6.07 Å². The lowest BCUT2D eigenvalue weighted by atomic mass is 10.1. The van der Waals surface area contributed by atoms with Crippen LogP contribution in [0.25, 0.3) is 0 Å². The van der Waals surface area contributed by atoms with Crippen molar-refractivity contribution in [3.8, 4) is 11.5 Å². The molecule has 0 unspecified atom stereocenters. The molecule has 2 aromatic rings. The van der Waals surface area contributed by atoms with Crippen molar-refractivity contribution in [3.63, 3.8) is 0 Å². The van der Waals surface area contributed by atoms with E-state index in [4.69, 9.17) is 9.47 Å². The molecular formula is C15H17N3O3. The first-order chi connectivity index (χ1) is 10.2. The molecule has 1 aliphatic rings. The van der Waals surface area contributed by atoms with Gasteiger partial charge in [0.25, 0.3) is 0 Å². The van der Waals surface area contributed by atoms with Crippen LogP contribution in [0, 0.1) is 0 Å². The van der Waals surface area contributed by atoms with E-state index >= 15 is 0 Å².